The molecule has 5 heteroatoms. The van der Waals surface area contributed by atoms with Crippen LogP contribution in [0.4, 0.5) is 8.78 Å². The Morgan fingerprint density at radius 2 is 1.90 bits per heavy atom. The van der Waals surface area contributed by atoms with Crippen LogP contribution in [0, 0.1) is 11.6 Å². The molecule has 0 saturated heterocycles. The van der Waals surface area contributed by atoms with Crippen molar-refractivity contribution < 1.29 is 18.3 Å². The average molecular weight is 308 g/mol. The van der Waals surface area contributed by atoms with Gasteiger partial charge in [-0.2, -0.15) is 0 Å². The Morgan fingerprint density at radius 3 is 2.62 bits per heavy atom. The van der Waals surface area contributed by atoms with Gasteiger partial charge in [-0.3, -0.25) is 4.79 Å². The van der Waals surface area contributed by atoms with Crippen molar-refractivity contribution in [2.45, 2.75) is 11.3 Å². The first-order chi connectivity index (χ1) is 10.1. The van der Waals surface area contributed by atoms with Gasteiger partial charge in [-0.1, -0.05) is 24.3 Å². The van der Waals surface area contributed by atoms with Crippen molar-refractivity contribution in [1.29, 1.82) is 0 Å². The van der Waals surface area contributed by atoms with Gasteiger partial charge < -0.3 is 4.74 Å². The number of benzene rings is 2. The molecule has 0 aliphatic carbocycles. The normalized spacial score (nSPS) is 10.4. The molecule has 2 rings (SSSR count). The van der Waals surface area contributed by atoms with Gasteiger partial charge in [0, 0.05) is 11.3 Å². The molecule has 0 unspecified atom stereocenters. The van der Waals surface area contributed by atoms with Crippen LogP contribution in [0.15, 0.2) is 47.4 Å². The molecule has 0 atom stereocenters. The third-order valence-corrected chi connectivity index (χ3v) is 3.98. The number of carbonyl (C=O) groups is 1. The summed E-state index contributed by atoms with van der Waals surface area (Å²) in [4.78, 5) is 12.3. The molecule has 2 aromatic carbocycles. The number of thioether (sulfide) groups is 1. The highest BCUT2D eigenvalue weighted by atomic mass is 32.2. The van der Waals surface area contributed by atoms with Crippen molar-refractivity contribution in [3.63, 3.8) is 0 Å². The van der Waals surface area contributed by atoms with Crippen molar-refractivity contribution in [2.24, 2.45) is 0 Å². The number of hydrogen-bond acceptors (Lipinski definition) is 3. The molecule has 2 aromatic rings. The Hall–Kier alpha value is -1.88. The molecule has 0 radical (unpaired) electrons. The lowest BCUT2D eigenvalue weighted by atomic mass is 10.1. The van der Waals surface area contributed by atoms with E-state index in [1.54, 1.807) is 30.3 Å². The van der Waals surface area contributed by atoms with Gasteiger partial charge in [-0.25, -0.2) is 8.78 Å². The van der Waals surface area contributed by atoms with Gasteiger partial charge >= 0.3 is 0 Å². The standard InChI is InChI=1S/C16H14F2O2S/c1-20-14-7-4-5-11(16(14)18)9-12(19)10-21-15-8-3-2-6-13(15)17/h2-8H,9-10H2,1H3. The number of ether oxygens (including phenoxy) is 1. The van der Waals surface area contributed by atoms with Gasteiger partial charge in [0.25, 0.3) is 0 Å². The molecule has 0 aromatic heterocycles. The molecular formula is C16H14F2O2S. The minimum absolute atomic E-state index is 0.0372. The predicted molar refractivity (Wildman–Crippen MR) is 78.8 cm³/mol. The number of ketones is 1. The first-order valence-corrected chi connectivity index (χ1v) is 7.30. The zero-order valence-corrected chi connectivity index (χ0v) is 12.3. The topological polar surface area (TPSA) is 26.3 Å². The van der Waals surface area contributed by atoms with E-state index in [4.69, 9.17) is 4.74 Å². The minimum atomic E-state index is -0.524. The maximum absolute atomic E-state index is 13.9. The maximum atomic E-state index is 13.9. The summed E-state index contributed by atoms with van der Waals surface area (Å²) in [6.45, 7) is 0. The molecule has 0 saturated carbocycles. The molecule has 21 heavy (non-hydrogen) atoms. The summed E-state index contributed by atoms with van der Waals surface area (Å²) in [5, 5.41) is 0. The zero-order chi connectivity index (χ0) is 15.2. The van der Waals surface area contributed by atoms with E-state index in [0.717, 1.165) is 11.8 Å². The number of carbonyl (C=O) groups excluding carboxylic acids is 1. The van der Waals surface area contributed by atoms with Crippen LogP contribution in [0.1, 0.15) is 5.56 Å². The third kappa shape index (κ3) is 4.04. The first-order valence-electron chi connectivity index (χ1n) is 6.32. The summed E-state index contributed by atoms with van der Waals surface area (Å²) in [5.74, 6) is -0.845. The zero-order valence-electron chi connectivity index (χ0n) is 11.4. The van der Waals surface area contributed by atoms with E-state index in [1.807, 2.05) is 0 Å². The first kappa shape index (κ1) is 15.5. The monoisotopic (exact) mass is 308 g/mol. The van der Waals surface area contributed by atoms with E-state index in [2.05, 4.69) is 0 Å². The van der Waals surface area contributed by atoms with Gasteiger partial charge in [-0.15, -0.1) is 11.8 Å². The van der Waals surface area contributed by atoms with Gasteiger partial charge in [0.05, 0.1) is 12.9 Å². The molecule has 0 N–H and O–H groups in total. The lowest BCUT2D eigenvalue weighted by Crippen LogP contribution is -2.08. The van der Waals surface area contributed by atoms with Crippen molar-refractivity contribution >= 4 is 17.5 Å². The molecule has 0 aliphatic rings. The molecule has 2 nitrogen and oxygen atoms in total. The molecule has 0 aliphatic heterocycles. The number of methoxy groups -OCH3 is 1. The van der Waals surface area contributed by atoms with Gasteiger partial charge in [0.2, 0.25) is 0 Å². The highest BCUT2D eigenvalue weighted by Crippen LogP contribution is 2.23. The smallest absolute Gasteiger partial charge is 0.168 e. The van der Waals surface area contributed by atoms with E-state index < -0.39 is 5.82 Å². The van der Waals surface area contributed by atoms with Crippen LogP contribution >= 0.6 is 11.8 Å². The highest BCUT2D eigenvalue weighted by molar-refractivity contribution is 8.00. The van der Waals surface area contributed by atoms with Gasteiger partial charge in [0.1, 0.15) is 11.6 Å². The number of halogens is 2. The Bertz CT molecular complexity index is 644. The number of rotatable bonds is 6. The molecule has 0 bridgehead atoms. The van der Waals surface area contributed by atoms with Gasteiger partial charge in [0.15, 0.2) is 11.6 Å². The van der Waals surface area contributed by atoms with Crippen LogP contribution in [-0.4, -0.2) is 18.6 Å². The SMILES string of the molecule is COc1cccc(CC(=O)CSc2ccccc2F)c1F. The van der Waals surface area contributed by atoms with Crippen LogP contribution in [0.3, 0.4) is 0 Å². The van der Waals surface area contributed by atoms with Crippen LogP contribution in [0.5, 0.6) is 5.75 Å². The van der Waals surface area contributed by atoms with Crippen molar-refractivity contribution in [3.05, 3.63) is 59.7 Å². The quantitative estimate of drug-likeness (QED) is 0.758. The third-order valence-electron chi connectivity index (χ3n) is 2.88. The largest absolute Gasteiger partial charge is 0.494 e. The van der Waals surface area contributed by atoms with E-state index in [1.165, 1.54) is 19.2 Å². The van der Waals surface area contributed by atoms with Crippen molar-refractivity contribution in [3.8, 4) is 5.75 Å². The lowest BCUT2D eigenvalue weighted by Gasteiger charge is -2.07. The molecule has 0 spiro atoms. The van der Waals surface area contributed by atoms with Crippen LogP contribution in [0.25, 0.3) is 0 Å². The van der Waals surface area contributed by atoms with Crippen LogP contribution < -0.4 is 4.74 Å². The van der Waals surface area contributed by atoms with Crippen molar-refractivity contribution in [1.82, 2.24) is 0 Å². The summed E-state index contributed by atoms with van der Waals surface area (Å²) in [6.07, 6.45) is -0.0372. The summed E-state index contributed by atoms with van der Waals surface area (Å²) < 4.78 is 32.2. The molecule has 110 valence electrons. The minimum Gasteiger partial charge on any atom is -0.494 e. The second kappa shape index (κ2) is 7.22. The lowest BCUT2D eigenvalue weighted by molar-refractivity contribution is -0.116. The summed E-state index contributed by atoms with van der Waals surface area (Å²) in [5.41, 5.74) is 0.286. The number of hydrogen-bond donors (Lipinski definition) is 0. The van der Waals surface area contributed by atoms with Crippen LogP contribution in [-0.2, 0) is 11.2 Å². The van der Waals surface area contributed by atoms with E-state index in [-0.39, 0.29) is 35.1 Å². The summed E-state index contributed by atoms with van der Waals surface area (Å²) >= 11 is 1.11. The average Bonchev–Trinajstić information content (AvgIpc) is 2.48. The number of Topliss-reactive ketones (excluding diaryl/α,β-unsaturated/α-hetero) is 1. The van der Waals surface area contributed by atoms with E-state index in [0.29, 0.717) is 4.90 Å². The van der Waals surface area contributed by atoms with E-state index in [9.17, 15) is 13.6 Å². The van der Waals surface area contributed by atoms with E-state index >= 15 is 0 Å². The Morgan fingerprint density at radius 1 is 1.14 bits per heavy atom. The Labute approximate surface area is 126 Å². The fourth-order valence-electron chi connectivity index (χ4n) is 1.83. The second-order valence-corrected chi connectivity index (χ2v) is 5.39. The fourth-order valence-corrected chi connectivity index (χ4v) is 2.63. The molecule has 0 heterocycles. The van der Waals surface area contributed by atoms with Crippen LogP contribution in [0.2, 0.25) is 0 Å². The van der Waals surface area contributed by atoms with Gasteiger partial charge in [-0.05, 0) is 23.8 Å². The molecule has 0 amide bonds. The van der Waals surface area contributed by atoms with Crippen molar-refractivity contribution in [2.75, 3.05) is 12.9 Å². The maximum Gasteiger partial charge on any atom is 0.168 e. The summed E-state index contributed by atoms with van der Waals surface area (Å²) in [7, 11) is 1.37. The Kier molecular flexibility index (Phi) is 5.33. The predicted octanol–water partition coefficient (Wildman–Crippen LogP) is 3.88. The molecule has 0 fully saturated rings. The molecular weight excluding hydrogens is 294 g/mol. The second-order valence-electron chi connectivity index (χ2n) is 4.37. The Balaban J connectivity index is 1.98. The fraction of sp³-hybridized carbons (Fsp3) is 0.188. The summed E-state index contributed by atoms with van der Waals surface area (Å²) in [6, 6.07) is 10.9. The highest BCUT2D eigenvalue weighted by Gasteiger charge is 2.13.